The molecule has 0 aromatic carbocycles. The minimum absolute atomic E-state index is 0.283. The van der Waals surface area contributed by atoms with E-state index in [9.17, 15) is 0 Å². The Hall–Kier alpha value is -0.700. The topological polar surface area (TPSA) is 24.4 Å². The van der Waals surface area contributed by atoms with Gasteiger partial charge in [-0.15, -0.1) is 0 Å². The van der Waals surface area contributed by atoms with Crippen molar-refractivity contribution in [3.63, 3.8) is 0 Å². The zero-order chi connectivity index (χ0) is 9.84. The summed E-state index contributed by atoms with van der Waals surface area (Å²) in [6.07, 6.45) is 2.14. The molecule has 2 nitrogen and oxygen atoms in total. The van der Waals surface area contributed by atoms with Crippen LogP contribution in [0.1, 0.15) is 20.8 Å². The van der Waals surface area contributed by atoms with E-state index in [0.717, 1.165) is 17.3 Å². The van der Waals surface area contributed by atoms with Gasteiger partial charge in [0.2, 0.25) is 0 Å². The smallest absolute Gasteiger partial charge is 0.0944 e. The Labute approximate surface area is 84.2 Å². The van der Waals surface area contributed by atoms with E-state index in [2.05, 4.69) is 36.8 Å². The van der Waals surface area contributed by atoms with Crippen LogP contribution < -0.4 is 5.32 Å². The third-order valence-corrected chi connectivity index (χ3v) is 2.91. The summed E-state index contributed by atoms with van der Waals surface area (Å²) in [5.74, 6) is 0. The Morgan fingerprint density at radius 2 is 2.46 bits per heavy atom. The molecule has 13 heavy (non-hydrogen) atoms. The molecule has 1 aliphatic rings. The average Bonchev–Trinajstić information content (AvgIpc) is 2.03. The molecule has 0 radical (unpaired) electrons. The molecule has 72 valence electrons. The largest absolute Gasteiger partial charge is 0.380 e. The third-order valence-electron chi connectivity index (χ3n) is 1.72. The van der Waals surface area contributed by atoms with Gasteiger partial charge in [-0.2, -0.15) is 0 Å². The quantitative estimate of drug-likeness (QED) is 0.750. The van der Waals surface area contributed by atoms with E-state index >= 15 is 0 Å². The standard InChI is InChI=1S/C10H16N2S/c1-7(2)12-9(4)10-11-6-5-8(3)13-10/h5,9,12H,1,6H2,2-4H3. The van der Waals surface area contributed by atoms with Crippen LogP contribution in [-0.2, 0) is 0 Å². The molecule has 0 aliphatic carbocycles. The van der Waals surface area contributed by atoms with Crippen molar-refractivity contribution in [1.29, 1.82) is 0 Å². The van der Waals surface area contributed by atoms with E-state index in [4.69, 9.17) is 0 Å². The third kappa shape index (κ3) is 3.27. The highest BCUT2D eigenvalue weighted by Gasteiger charge is 2.13. The van der Waals surface area contributed by atoms with Crippen molar-refractivity contribution in [2.45, 2.75) is 26.8 Å². The molecule has 0 saturated carbocycles. The molecule has 1 heterocycles. The molecule has 0 bridgehead atoms. The van der Waals surface area contributed by atoms with Crippen LogP contribution in [0.15, 0.2) is 28.2 Å². The lowest BCUT2D eigenvalue weighted by Crippen LogP contribution is -2.31. The second kappa shape index (κ2) is 4.51. The molecule has 0 amide bonds. The Bertz CT molecular complexity index is 266. The number of hydrogen-bond donors (Lipinski definition) is 1. The number of aliphatic imine (C=N–C) groups is 1. The van der Waals surface area contributed by atoms with Crippen molar-refractivity contribution >= 4 is 16.8 Å². The average molecular weight is 196 g/mol. The molecule has 1 rings (SSSR count). The van der Waals surface area contributed by atoms with Gasteiger partial charge in [0.05, 0.1) is 17.6 Å². The molecule has 3 heteroatoms. The maximum Gasteiger partial charge on any atom is 0.0944 e. The number of hydrogen-bond acceptors (Lipinski definition) is 3. The van der Waals surface area contributed by atoms with Gasteiger partial charge in [0, 0.05) is 5.70 Å². The van der Waals surface area contributed by atoms with E-state index < -0.39 is 0 Å². The monoisotopic (exact) mass is 196 g/mol. The summed E-state index contributed by atoms with van der Waals surface area (Å²) in [4.78, 5) is 5.77. The van der Waals surface area contributed by atoms with Crippen molar-refractivity contribution < 1.29 is 0 Å². The van der Waals surface area contributed by atoms with E-state index in [1.165, 1.54) is 4.91 Å². The van der Waals surface area contributed by atoms with Gasteiger partial charge in [-0.25, -0.2) is 0 Å². The Morgan fingerprint density at radius 1 is 1.77 bits per heavy atom. The minimum atomic E-state index is 0.283. The van der Waals surface area contributed by atoms with Gasteiger partial charge in [-0.3, -0.25) is 4.99 Å². The molecule has 1 atom stereocenters. The van der Waals surface area contributed by atoms with E-state index in [1.54, 1.807) is 11.8 Å². The fourth-order valence-electron chi connectivity index (χ4n) is 1.16. The highest BCUT2D eigenvalue weighted by atomic mass is 32.2. The zero-order valence-electron chi connectivity index (χ0n) is 8.42. The molecular weight excluding hydrogens is 180 g/mol. The van der Waals surface area contributed by atoms with Crippen LogP contribution in [0, 0.1) is 0 Å². The highest BCUT2D eigenvalue weighted by Crippen LogP contribution is 2.22. The molecule has 1 aliphatic heterocycles. The summed E-state index contributed by atoms with van der Waals surface area (Å²) >= 11 is 1.74. The maximum absolute atomic E-state index is 4.43. The van der Waals surface area contributed by atoms with Crippen LogP contribution in [0.4, 0.5) is 0 Å². The Balaban J connectivity index is 2.53. The van der Waals surface area contributed by atoms with Crippen molar-refractivity contribution in [3.05, 3.63) is 23.3 Å². The molecule has 0 saturated heterocycles. The lowest BCUT2D eigenvalue weighted by molar-refractivity contribution is 0.768. The minimum Gasteiger partial charge on any atom is -0.380 e. The normalized spacial score (nSPS) is 18.7. The molecule has 0 spiro atoms. The van der Waals surface area contributed by atoms with Crippen LogP contribution in [0.5, 0.6) is 0 Å². The van der Waals surface area contributed by atoms with Gasteiger partial charge in [-0.05, 0) is 25.7 Å². The van der Waals surface area contributed by atoms with Crippen LogP contribution in [-0.4, -0.2) is 17.6 Å². The Kier molecular flexibility index (Phi) is 3.60. The Morgan fingerprint density at radius 3 is 3.00 bits per heavy atom. The molecule has 1 unspecified atom stereocenters. The lowest BCUT2D eigenvalue weighted by Gasteiger charge is -2.19. The van der Waals surface area contributed by atoms with Crippen LogP contribution in [0.3, 0.4) is 0 Å². The van der Waals surface area contributed by atoms with Crippen molar-refractivity contribution in [2.75, 3.05) is 6.54 Å². The predicted octanol–water partition coefficient (Wildman–Crippen LogP) is 2.55. The second-order valence-electron chi connectivity index (χ2n) is 3.24. The number of rotatable bonds is 3. The summed E-state index contributed by atoms with van der Waals surface area (Å²) in [6.45, 7) is 10.8. The first-order valence-corrected chi connectivity index (χ1v) is 5.22. The highest BCUT2D eigenvalue weighted by molar-refractivity contribution is 8.17. The van der Waals surface area contributed by atoms with Crippen molar-refractivity contribution in [2.24, 2.45) is 4.99 Å². The number of nitrogens with zero attached hydrogens (tertiary/aromatic N) is 1. The van der Waals surface area contributed by atoms with E-state index in [1.807, 2.05) is 6.92 Å². The predicted molar refractivity (Wildman–Crippen MR) is 61.1 cm³/mol. The first kappa shape index (κ1) is 10.4. The molecule has 0 fully saturated rings. The fourth-order valence-corrected chi connectivity index (χ4v) is 2.02. The molecule has 1 N–H and O–H groups in total. The number of thioether (sulfide) groups is 1. The first-order valence-electron chi connectivity index (χ1n) is 4.40. The lowest BCUT2D eigenvalue weighted by atomic mass is 10.3. The van der Waals surface area contributed by atoms with Crippen LogP contribution in [0.25, 0.3) is 0 Å². The van der Waals surface area contributed by atoms with Crippen LogP contribution in [0.2, 0.25) is 0 Å². The summed E-state index contributed by atoms with van der Waals surface area (Å²) in [5, 5.41) is 4.42. The molecule has 0 aromatic rings. The summed E-state index contributed by atoms with van der Waals surface area (Å²) < 4.78 is 0. The summed E-state index contributed by atoms with van der Waals surface area (Å²) in [5.41, 5.74) is 0.989. The van der Waals surface area contributed by atoms with E-state index in [-0.39, 0.29) is 6.04 Å². The zero-order valence-corrected chi connectivity index (χ0v) is 9.24. The van der Waals surface area contributed by atoms with Gasteiger partial charge in [0.25, 0.3) is 0 Å². The fraction of sp³-hybridized carbons (Fsp3) is 0.500. The second-order valence-corrected chi connectivity index (χ2v) is 4.51. The van der Waals surface area contributed by atoms with Crippen molar-refractivity contribution in [1.82, 2.24) is 5.32 Å². The van der Waals surface area contributed by atoms with Gasteiger partial charge >= 0.3 is 0 Å². The summed E-state index contributed by atoms with van der Waals surface area (Å²) in [7, 11) is 0. The molecule has 0 aromatic heterocycles. The van der Waals surface area contributed by atoms with E-state index in [0.29, 0.717) is 0 Å². The maximum atomic E-state index is 4.43. The van der Waals surface area contributed by atoms with Crippen molar-refractivity contribution in [3.8, 4) is 0 Å². The van der Waals surface area contributed by atoms with Gasteiger partial charge in [0.1, 0.15) is 0 Å². The van der Waals surface area contributed by atoms with Gasteiger partial charge in [0.15, 0.2) is 0 Å². The molecular formula is C10H16N2S. The van der Waals surface area contributed by atoms with Gasteiger partial charge < -0.3 is 5.32 Å². The van der Waals surface area contributed by atoms with Gasteiger partial charge in [-0.1, -0.05) is 24.4 Å². The summed E-state index contributed by atoms with van der Waals surface area (Å²) in [6, 6.07) is 0.283. The SMILES string of the molecule is C=C(C)NC(C)C1=NCC=C(C)S1. The first-order chi connectivity index (χ1) is 6.09. The number of nitrogens with one attached hydrogen (secondary N) is 1. The van der Waals surface area contributed by atoms with Crippen LogP contribution >= 0.6 is 11.8 Å². The number of allylic oxidation sites excluding steroid dienone is 2.